The van der Waals surface area contributed by atoms with Crippen LogP contribution in [0.25, 0.3) is 0 Å². The van der Waals surface area contributed by atoms with Crippen molar-refractivity contribution in [2.75, 3.05) is 11.5 Å². The summed E-state index contributed by atoms with van der Waals surface area (Å²) in [5, 5.41) is 0. The zero-order chi connectivity index (χ0) is 12.5. The van der Waals surface area contributed by atoms with E-state index in [0.717, 1.165) is 6.42 Å². The minimum atomic E-state index is -2.96. The topological polar surface area (TPSA) is 77.2 Å². The van der Waals surface area contributed by atoms with Crippen molar-refractivity contribution in [2.24, 2.45) is 0 Å². The van der Waals surface area contributed by atoms with E-state index in [1.165, 1.54) is 13.2 Å². The SMILES string of the molecule is CC(=O)Cc1coc(C2CCCS(=O)(=O)C2)n1. The minimum Gasteiger partial charge on any atom is -0.448 e. The molecule has 1 aliphatic rings. The van der Waals surface area contributed by atoms with E-state index in [-0.39, 0.29) is 29.6 Å². The Morgan fingerprint density at radius 2 is 2.35 bits per heavy atom. The zero-order valence-electron chi connectivity index (χ0n) is 9.68. The number of carbonyl (C=O) groups is 1. The van der Waals surface area contributed by atoms with E-state index < -0.39 is 9.84 Å². The molecule has 1 atom stereocenters. The lowest BCUT2D eigenvalue weighted by Crippen LogP contribution is -2.23. The maximum atomic E-state index is 11.5. The first-order valence-electron chi connectivity index (χ1n) is 5.60. The lowest BCUT2D eigenvalue weighted by molar-refractivity contribution is -0.116. The summed E-state index contributed by atoms with van der Waals surface area (Å²) in [5.41, 5.74) is 0.579. The Kier molecular flexibility index (Phi) is 3.33. The molecule has 0 N–H and O–H groups in total. The van der Waals surface area contributed by atoms with Gasteiger partial charge in [0.05, 0.1) is 23.6 Å². The molecule has 0 radical (unpaired) electrons. The van der Waals surface area contributed by atoms with Crippen LogP contribution in [0.5, 0.6) is 0 Å². The summed E-state index contributed by atoms with van der Waals surface area (Å²) in [4.78, 5) is 15.1. The number of ketones is 1. The summed E-state index contributed by atoms with van der Waals surface area (Å²) in [7, 11) is -2.96. The summed E-state index contributed by atoms with van der Waals surface area (Å²) < 4.78 is 28.3. The fourth-order valence-corrected chi connectivity index (χ4v) is 3.76. The lowest BCUT2D eigenvalue weighted by Gasteiger charge is -2.18. The number of rotatable bonds is 3. The van der Waals surface area contributed by atoms with E-state index in [4.69, 9.17) is 4.42 Å². The number of oxazole rings is 1. The molecule has 0 spiro atoms. The van der Waals surface area contributed by atoms with Crippen LogP contribution >= 0.6 is 0 Å². The average molecular weight is 257 g/mol. The number of sulfone groups is 1. The van der Waals surface area contributed by atoms with E-state index in [1.54, 1.807) is 0 Å². The molecule has 2 heterocycles. The molecule has 1 aromatic rings. The highest BCUT2D eigenvalue weighted by Gasteiger charge is 2.29. The third-order valence-corrected chi connectivity index (χ3v) is 4.63. The second-order valence-electron chi connectivity index (χ2n) is 4.51. The van der Waals surface area contributed by atoms with Crippen LogP contribution in [-0.2, 0) is 21.1 Å². The Labute approximate surface area is 100 Å². The van der Waals surface area contributed by atoms with Gasteiger partial charge in [-0.2, -0.15) is 0 Å². The first-order valence-corrected chi connectivity index (χ1v) is 7.42. The molecule has 94 valence electrons. The Morgan fingerprint density at radius 3 is 3.00 bits per heavy atom. The van der Waals surface area contributed by atoms with E-state index >= 15 is 0 Å². The Bertz CT molecular complexity index is 517. The summed E-state index contributed by atoms with van der Waals surface area (Å²) in [6.45, 7) is 1.49. The number of nitrogens with zero attached hydrogens (tertiary/aromatic N) is 1. The monoisotopic (exact) mass is 257 g/mol. The van der Waals surface area contributed by atoms with Gasteiger partial charge in [-0.25, -0.2) is 13.4 Å². The molecule has 1 unspecified atom stereocenters. The highest BCUT2D eigenvalue weighted by Crippen LogP contribution is 2.27. The van der Waals surface area contributed by atoms with Crippen molar-refractivity contribution in [2.45, 2.75) is 32.1 Å². The molecule has 0 bridgehead atoms. The second-order valence-corrected chi connectivity index (χ2v) is 6.74. The summed E-state index contributed by atoms with van der Waals surface area (Å²) in [6, 6.07) is 0. The number of hydrogen-bond acceptors (Lipinski definition) is 5. The molecular formula is C11H15NO4S. The Balaban J connectivity index is 2.12. The number of Topliss-reactive ketones (excluding diaryl/α,β-unsaturated/α-hetero) is 1. The smallest absolute Gasteiger partial charge is 0.198 e. The van der Waals surface area contributed by atoms with Gasteiger partial charge in [-0.1, -0.05) is 0 Å². The van der Waals surface area contributed by atoms with E-state index in [0.29, 0.717) is 18.0 Å². The summed E-state index contributed by atoms with van der Waals surface area (Å²) in [6.07, 6.45) is 3.11. The molecule has 17 heavy (non-hydrogen) atoms. The van der Waals surface area contributed by atoms with E-state index in [9.17, 15) is 13.2 Å². The van der Waals surface area contributed by atoms with E-state index in [1.807, 2.05) is 0 Å². The molecule has 2 rings (SSSR count). The van der Waals surface area contributed by atoms with Gasteiger partial charge in [0.2, 0.25) is 0 Å². The van der Waals surface area contributed by atoms with Gasteiger partial charge in [-0.05, 0) is 19.8 Å². The second kappa shape index (κ2) is 4.60. The largest absolute Gasteiger partial charge is 0.448 e. The Morgan fingerprint density at radius 1 is 1.59 bits per heavy atom. The van der Waals surface area contributed by atoms with Crippen molar-refractivity contribution in [1.29, 1.82) is 0 Å². The maximum absolute atomic E-state index is 11.5. The van der Waals surface area contributed by atoms with Gasteiger partial charge in [0, 0.05) is 5.92 Å². The van der Waals surface area contributed by atoms with Crippen LogP contribution in [0.2, 0.25) is 0 Å². The number of carbonyl (C=O) groups excluding carboxylic acids is 1. The minimum absolute atomic E-state index is 0.0149. The first kappa shape index (κ1) is 12.3. The lowest BCUT2D eigenvalue weighted by atomic mass is 10.1. The molecular weight excluding hydrogens is 242 g/mol. The van der Waals surface area contributed by atoms with Crippen LogP contribution < -0.4 is 0 Å². The summed E-state index contributed by atoms with van der Waals surface area (Å²) >= 11 is 0. The standard InChI is InChI=1S/C11H15NO4S/c1-8(13)5-10-6-16-11(12-10)9-3-2-4-17(14,15)7-9/h6,9H,2-5,7H2,1H3. The normalized spacial score (nSPS) is 23.5. The molecule has 6 heteroatoms. The molecule has 1 fully saturated rings. The van der Waals surface area contributed by atoms with Gasteiger partial charge in [0.25, 0.3) is 0 Å². The molecule has 0 aromatic carbocycles. The third kappa shape index (κ3) is 3.15. The predicted molar refractivity (Wildman–Crippen MR) is 61.5 cm³/mol. The van der Waals surface area contributed by atoms with Gasteiger partial charge in [-0.15, -0.1) is 0 Å². The molecule has 0 saturated carbocycles. The van der Waals surface area contributed by atoms with Crippen LogP contribution in [-0.4, -0.2) is 30.7 Å². The van der Waals surface area contributed by atoms with E-state index in [2.05, 4.69) is 4.98 Å². The fourth-order valence-electron chi connectivity index (χ4n) is 2.06. The average Bonchev–Trinajstić information content (AvgIpc) is 2.63. The van der Waals surface area contributed by atoms with Crippen LogP contribution in [0.3, 0.4) is 0 Å². The highest BCUT2D eigenvalue weighted by molar-refractivity contribution is 7.91. The van der Waals surface area contributed by atoms with Crippen molar-refractivity contribution in [3.8, 4) is 0 Å². The van der Waals surface area contributed by atoms with Gasteiger partial charge in [0.1, 0.15) is 12.0 Å². The Hall–Kier alpha value is -1.17. The van der Waals surface area contributed by atoms with Crippen molar-refractivity contribution >= 4 is 15.6 Å². The molecule has 5 nitrogen and oxygen atoms in total. The summed E-state index contributed by atoms with van der Waals surface area (Å²) in [5.74, 6) is 0.664. The van der Waals surface area contributed by atoms with Gasteiger partial charge in [0.15, 0.2) is 15.7 Å². The van der Waals surface area contributed by atoms with Crippen LogP contribution in [0.1, 0.15) is 37.3 Å². The van der Waals surface area contributed by atoms with Gasteiger partial charge in [-0.3, -0.25) is 4.79 Å². The van der Waals surface area contributed by atoms with Gasteiger partial charge >= 0.3 is 0 Å². The molecule has 0 amide bonds. The van der Waals surface area contributed by atoms with Crippen LogP contribution in [0.15, 0.2) is 10.7 Å². The maximum Gasteiger partial charge on any atom is 0.198 e. The first-order chi connectivity index (χ1) is 7.96. The zero-order valence-corrected chi connectivity index (χ0v) is 10.5. The third-order valence-electron chi connectivity index (χ3n) is 2.81. The number of aromatic nitrogens is 1. The van der Waals surface area contributed by atoms with Crippen molar-refractivity contribution < 1.29 is 17.6 Å². The van der Waals surface area contributed by atoms with Crippen LogP contribution in [0, 0.1) is 0 Å². The van der Waals surface area contributed by atoms with Crippen molar-refractivity contribution in [3.63, 3.8) is 0 Å². The molecule has 1 saturated heterocycles. The quantitative estimate of drug-likeness (QED) is 0.810. The molecule has 0 aliphatic carbocycles. The highest BCUT2D eigenvalue weighted by atomic mass is 32.2. The molecule has 1 aromatic heterocycles. The van der Waals surface area contributed by atoms with Crippen LogP contribution in [0.4, 0.5) is 0 Å². The number of hydrogen-bond donors (Lipinski definition) is 0. The predicted octanol–water partition coefficient (Wildman–Crippen LogP) is 1.10. The molecule has 1 aliphatic heterocycles. The fraction of sp³-hybridized carbons (Fsp3) is 0.636. The van der Waals surface area contributed by atoms with Crippen molar-refractivity contribution in [3.05, 3.63) is 17.8 Å². The van der Waals surface area contributed by atoms with Gasteiger partial charge < -0.3 is 4.42 Å². The van der Waals surface area contributed by atoms with Crippen molar-refractivity contribution in [1.82, 2.24) is 4.98 Å².